The van der Waals surface area contributed by atoms with Gasteiger partial charge in [0.05, 0.1) is 7.18 Å². The molecule has 0 saturated heterocycles. The summed E-state index contributed by atoms with van der Waals surface area (Å²) in [6, 6.07) is 4.23. The summed E-state index contributed by atoms with van der Waals surface area (Å²) in [5.41, 5.74) is 1.16. The van der Waals surface area contributed by atoms with Gasteiger partial charge in [-0.2, -0.15) is 0 Å². The maximum Gasteiger partial charge on any atom is 0.0785 e. The maximum atomic E-state index is 9.50. The lowest BCUT2D eigenvalue weighted by Gasteiger charge is -1.87. The van der Waals surface area contributed by atoms with E-state index in [2.05, 4.69) is 25.6 Å². The number of alkyl halides is 1. The summed E-state index contributed by atoms with van der Waals surface area (Å²) in [6.45, 7) is 7.99. The zero-order chi connectivity index (χ0) is 8.85. The number of rotatable bonds is 1. The van der Waals surface area contributed by atoms with Gasteiger partial charge in [-0.15, -0.1) is 11.3 Å². The summed E-state index contributed by atoms with van der Waals surface area (Å²) in [4.78, 5) is 2.65. The minimum Gasteiger partial charge on any atom is -0.255 e. The van der Waals surface area contributed by atoms with E-state index in [4.69, 9.17) is 0 Å². The van der Waals surface area contributed by atoms with E-state index >= 15 is 0 Å². The first-order valence-electron chi connectivity index (χ1n) is 3.30. The van der Waals surface area contributed by atoms with Crippen LogP contribution in [0.2, 0.25) is 0 Å². The van der Waals surface area contributed by atoms with Crippen molar-refractivity contribution in [1.29, 1.82) is 0 Å². The number of hydrogen-bond donors (Lipinski definition) is 0. The molecular formula is C9H13FS. The molecule has 1 aromatic rings. The molecule has 0 aliphatic rings. The van der Waals surface area contributed by atoms with Crippen LogP contribution in [-0.4, -0.2) is 7.18 Å². The van der Waals surface area contributed by atoms with Crippen molar-refractivity contribution in [2.75, 3.05) is 7.18 Å². The molecule has 11 heavy (non-hydrogen) atoms. The molecule has 1 rings (SSSR count). The molecule has 0 fully saturated rings. The van der Waals surface area contributed by atoms with Crippen molar-refractivity contribution >= 4 is 16.9 Å². The van der Waals surface area contributed by atoms with Crippen LogP contribution >= 0.6 is 11.3 Å². The topological polar surface area (TPSA) is 0 Å². The number of allylic oxidation sites excluding steroid dienone is 1. The molecule has 0 aliphatic carbocycles. The van der Waals surface area contributed by atoms with E-state index in [9.17, 15) is 4.39 Å². The molecule has 1 aromatic heterocycles. The van der Waals surface area contributed by atoms with Crippen molar-refractivity contribution in [1.82, 2.24) is 0 Å². The van der Waals surface area contributed by atoms with Crippen LogP contribution in [0.15, 0.2) is 18.7 Å². The second-order valence-electron chi connectivity index (χ2n) is 2.19. The number of thiophene rings is 1. The van der Waals surface area contributed by atoms with E-state index in [0.29, 0.717) is 7.18 Å². The summed E-state index contributed by atoms with van der Waals surface area (Å²) >= 11 is 1.80. The summed E-state index contributed by atoms with van der Waals surface area (Å²) < 4.78 is 9.50. The van der Waals surface area contributed by atoms with E-state index in [1.165, 1.54) is 9.75 Å². The third-order valence-corrected chi connectivity index (χ3v) is 2.32. The van der Waals surface area contributed by atoms with Crippen LogP contribution in [0.3, 0.4) is 0 Å². The number of halogens is 1. The highest BCUT2D eigenvalue weighted by Crippen LogP contribution is 2.21. The molecule has 0 aliphatic heterocycles. The minimum atomic E-state index is 0.500. The van der Waals surface area contributed by atoms with Gasteiger partial charge in [0.1, 0.15) is 0 Å². The summed E-state index contributed by atoms with van der Waals surface area (Å²) in [5, 5.41) is 0. The Labute approximate surface area is 71.4 Å². The molecular weight excluding hydrogens is 159 g/mol. The lowest BCUT2D eigenvalue weighted by Crippen LogP contribution is -1.62. The first-order valence-corrected chi connectivity index (χ1v) is 4.12. The highest BCUT2D eigenvalue weighted by Gasteiger charge is 1.93. The minimum absolute atomic E-state index is 0.500. The van der Waals surface area contributed by atoms with Gasteiger partial charge >= 0.3 is 0 Å². The van der Waals surface area contributed by atoms with Crippen LogP contribution in [0, 0.1) is 6.92 Å². The van der Waals surface area contributed by atoms with E-state index in [0.717, 1.165) is 5.57 Å². The fraction of sp³-hybridized carbons (Fsp3) is 0.333. The molecule has 0 radical (unpaired) electrons. The largest absolute Gasteiger partial charge is 0.255 e. The third-order valence-electron chi connectivity index (χ3n) is 1.16. The van der Waals surface area contributed by atoms with Gasteiger partial charge in [0.15, 0.2) is 0 Å². The summed E-state index contributed by atoms with van der Waals surface area (Å²) in [5.74, 6) is 0. The van der Waals surface area contributed by atoms with Crippen LogP contribution in [0.1, 0.15) is 16.7 Å². The molecule has 0 unspecified atom stereocenters. The van der Waals surface area contributed by atoms with Gasteiger partial charge in [-0.25, -0.2) is 0 Å². The monoisotopic (exact) mass is 172 g/mol. The van der Waals surface area contributed by atoms with Crippen molar-refractivity contribution in [2.24, 2.45) is 0 Å². The number of hydrogen-bond acceptors (Lipinski definition) is 1. The summed E-state index contributed by atoms with van der Waals surface area (Å²) in [7, 11) is 0.500. The SMILES string of the molecule is C=C(C)c1ccc(C)s1.CF. The van der Waals surface area contributed by atoms with E-state index < -0.39 is 0 Å². The summed E-state index contributed by atoms with van der Waals surface area (Å²) in [6.07, 6.45) is 0. The average Bonchev–Trinajstić information content (AvgIpc) is 2.40. The molecule has 0 saturated carbocycles. The van der Waals surface area contributed by atoms with E-state index in [1.54, 1.807) is 11.3 Å². The van der Waals surface area contributed by atoms with Crippen molar-refractivity contribution < 1.29 is 4.39 Å². The molecule has 0 bridgehead atoms. The van der Waals surface area contributed by atoms with Crippen molar-refractivity contribution in [3.05, 3.63) is 28.5 Å². The Bertz CT molecular complexity index is 225. The quantitative estimate of drug-likeness (QED) is 0.606. The molecule has 2 heteroatoms. The third kappa shape index (κ3) is 3.33. The lowest BCUT2D eigenvalue weighted by atomic mass is 10.3. The van der Waals surface area contributed by atoms with Gasteiger partial charge in [0.2, 0.25) is 0 Å². The van der Waals surface area contributed by atoms with Crippen LogP contribution in [-0.2, 0) is 0 Å². The Kier molecular flexibility index (Phi) is 4.79. The second-order valence-corrected chi connectivity index (χ2v) is 3.48. The lowest BCUT2D eigenvalue weighted by molar-refractivity contribution is 0.636. The predicted molar refractivity (Wildman–Crippen MR) is 50.8 cm³/mol. The molecule has 0 nitrogen and oxygen atoms in total. The fourth-order valence-corrected chi connectivity index (χ4v) is 1.46. The Morgan fingerprint density at radius 2 is 2.00 bits per heavy atom. The number of aryl methyl sites for hydroxylation is 1. The zero-order valence-corrected chi connectivity index (χ0v) is 7.96. The molecule has 0 N–H and O–H groups in total. The van der Waals surface area contributed by atoms with Gasteiger partial charge in [-0.3, -0.25) is 4.39 Å². The van der Waals surface area contributed by atoms with Gasteiger partial charge in [0.25, 0.3) is 0 Å². The molecule has 62 valence electrons. The zero-order valence-electron chi connectivity index (χ0n) is 7.15. The van der Waals surface area contributed by atoms with Crippen LogP contribution in [0.5, 0.6) is 0 Å². The Morgan fingerprint density at radius 1 is 1.45 bits per heavy atom. The van der Waals surface area contributed by atoms with E-state index in [1.807, 2.05) is 6.92 Å². The molecule has 0 spiro atoms. The average molecular weight is 172 g/mol. The van der Waals surface area contributed by atoms with Crippen molar-refractivity contribution in [3.63, 3.8) is 0 Å². The van der Waals surface area contributed by atoms with Gasteiger partial charge in [-0.1, -0.05) is 6.58 Å². The first kappa shape index (κ1) is 10.4. The Hall–Kier alpha value is -0.630. The molecule has 1 heterocycles. The molecule has 0 amide bonds. The molecule has 0 atom stereocenters. The Morgan fingerprint density at radius 3 is 2.18 bits per heavy atom. The van der Waals surface area contributed by atoms with Gasteiger partial charge in [-0.05, 0) is 31.6 Å². The van der Waals surface area contributed by atoms with Crippen LogP contribution < -0.4 is 0 Å². The standard InChI is InChI=1S/C8H10S.CH3F/c1-6(2)8-5-4-7(3)9-8;1-2/h4-5H,1H2,2-3H3;1H3. The molecule has 0 aromatic carbocycles. The Balaban J connectivity index is 0.000000461. The van der Waals surface area contributed by atoms with Crippen molar-refractivity contribution in [2.45, 2.75) is 13.8 Å². The highest BCUT2D eigenvalue weighted by molar-refractivity contribution is 7.13. The van der Waals surface area contributed by atoms with Crippen LogP contribution in [0.25, 0.3) is 5.57 Å². The van der Waals surface area contributed by atoms with Crippen LogP contribution in [0.4, 0.5) is 4.39 Å². The van der Waals surface area contributed by atoms with Gasteiger partial charge in [0, 0.05) is 9.75 Å². The highest BCUT2D eigenvalue weighted by atomic mass is 32.1. The first-order chi connectivity index (χ1) is 5.20. The smallest absolute Gasteiger partial charge is 0.0785 e. The second kappa shape index (κ2) is 5.08. The van der Waals surface area contributed by atoms with Gasteiger partial charge < -0.3 is 0 Å². The normalized spacial score (nSPS) is 8.36. The fourth-order valence-electron chi connectivity index (χ4n) is 0.664. The maximum absolute atomic E-state index is 9.50. The van der Waals surface area contributed by atoms with Crippen molar-refractivity contribution in [3.8, 4) is 0 Å². The van der Waals surface area contributed by atoms with E-state index in [-0.39, 0.29) is 0 Å². The predicted octanol–water partition coefficient (Wildman–Crippen LogP) is 3.68.